The third-order valence-corrected chi connectivity index (χ3v) is 3.08. The van der Waals surface area contributed by atoms with Crippen molar-refractivity contribution in [3.63, 3.8) is 0 Å². The number of hydrogen-bond acceptors (Lipinski definition) is 3. The molecular formula is C18H20N2O. The van der Waals surface area contributed by atoms with Gasteiger partial charge in [-0.3, -0.25) is 4.98 Å². The summed E-state index contributed by atoms with van der Waals surface area (Å²) in [5, 5.41) is 1.08. The Hall–Kier alpha value is -2.42. The molecule has 2 aromatic heterocycles. The third-order valence-electron chi connectivity index (χ3n) is 3.08. The monoisotopic (exact) mass is 280 g/mol. The van der Waals surface area contributed by atoms with E-state index < -0.39 is 0 Å². The Bertz CT molecular complexity index is 738. The number of aromatic nitrogens is 2. The van der Waals surface area contributed by atoms with Crippen LogP contribution in [0.15, 0.2) is 48.7 Å². The van der Waals surface area contributed by atoms with Crippen molar-refractivity contribution in [3.8, 4) is 17.1 Å². The molecular weight excluding hydrogens is 260 g/mol. The number of fused-ring (bicyclic) bond motifs is 1. The van der Waals surface area contributed by atoms with Gasteiger partial charge in [-0.15, -0.1) is 0 Å². The predicted octanol–water partition coefficient (Wildman–Crippen LogP) is 4.64. The first-order chi connectivity index (χ1) is 10.3. The Morgan fingerprint density at radius 2 is 1.76 bits per heavy atom. The molecule has 0 bridgehead atoms. The Labute approximate surface area is 125 Å². The molecule has 0 fully saturated rings. The second-order valence-electron chi connectivity index (χ2n) is 4.48. The van der Waals surface area contributed by atoms with E-state index in [-0.39, 0.29) is 0 Å². The van der Waals surface area contributed by atoms with Crippen molar-refractivity contribution < 1.29 is 4.74 Å². The molecule has 1 aromatic carbocycles. The second-order valence-corrected chi connectivity index (χ2v) is 4.48. The van der Waals surface area contributed by atoms with E-state index in [1.807, 2.05) is 50.4 Å². The van der Waals surface area contributed by atoms with Crippen LogP contribution >= 0.6 is 0 Å². The number of benzene rings is 1. The van der Waals surface area contributed by atoms with Crippen molar-refractivity contribution in [2.45, 2.75) is 20.8 Å². The summed E-state index contributed by atoms with van der Waals surface area (Å²) >= 11 is 0. The van der Waals surface area contributed by atoms with Gasteiger partial charge in [0.05, 0.1) is 18.3 Å². The molecule has 0 saturated carbocycles. The van der Waals surface area contributed by atoms with Gasteiger partial charge in [-0.05, 0) is 42.8 Å². The lowest BCUT2D eigenvalue weighted by atomic mass is 10.1. The predicted molar refractivity (Wildman–Crippen MR) is 87.6 cm³/mol. The molecule has 3 heteroatoms. The quantitative estimate of drug-likeness (QED) is 0.686. The molecule has 0 spiro atoms. The maximum atomic E-state index is 5.13. The highest BCUT2D eigenvalue weighted by atomic mass is 16.5. The van der Waals surface area contributed by atoms with Crippen LogP contribution in [-0.4, -0.2) is 17.1 Å². The fourth-order valence-corrected chi connectivity index (χ4v) is 2.07. The largest absolute Gasteiger partial charge is 0.481 e. The lowest BCUT2D eigenvalue weighted by molar-refractivity contribution is 0.399. The summed E-state index contributed by atoms with van der Waals surface area (Å²) in [7, 11) is 1.62. The average molecular weight is 280 g/mol. The molecule has 0 amide bonds. The molecule has 3 rings (SSSR count). The molecule has 0 aliphatic rings. The van der Waals surface area contributed by atoms with Gasteiger partial charge in [0.1, 0.15) is 0 Å². The molecule has 0 saturated heterocycles. The lowest BCUT2D eigenvalue weighted by Gasteiger charge is -2.05. The van der Waals surface area contributed by atoms with Crippen LogP contribution in [0, 0.1) is 6.92 Å². The van der Waals surface area contributed by atoms with Crippen molar-refractivity contribution >= 4 is 10.9 Å². The number of methoxy groups -OCH3 is 1. The van der Waals surface area contributed by atoms with Gasteiger partial charge in [0, 0.05) is 23.2 Å². The zero-order valence-corrected chi connectivity index (χ0v) is 12.9. The minimum atomic E-state index is 0.633. The Kier molecular flexibility index (Phi) is 4.88. The van der Waals surface area contributed by atoms with Gasteiger partial charge in [-0.25, -0.2) is 4.98 Å². The van der Waals surface area contributed by atoms with Crippen LogP contribution in [0.4, 0.5) is 0 Å². The van der Waals surface area contributed by atoms with E-state index in [0.29, 0.717) is 5.88 Å². The summed E-state index contributed by atoms with van der Waals surface area (Å²) in [6, 6.07) is 14.1. The molecule has 0 N–H and O–H groups in total. The van der Waals surface area contributed by atoms with Gasteiger partial charge in [0.15, 0.2) is 0 Å². The van der Waals surface area contributed by atoms with Crippen LogP contribution in [0.2, 0.25) is 0 Å². The van der Waals surface area contributed by atoms with Crippen LogP contribution in [0.1, 0.15) is 19.4 Å². The van der Waals surface area contributed by atoms with Crippen LogP contribution < -0.4 is 4.74 Å². The summed E-state index contributed by atoms with van der Waals surface area (Å²) in [5.74, 6) is 0.633. The molecule has 2 heterocycles. The molecule has 3 nitrogen and oxygen atoms in total. The van der Waals surface area contributed by atoms with Gasteiger partial charge in [-0.2, -0.15) is 0 Å². The highest BCUT2D eigenvalue weighted by Gasteiger charge is 2.03. The van der Waals surface area contributed by atoms with E-state index in [4.69, 9.17) is 4.74 Å². The minimum absolute atomic E-state index is 0.633. The maximum Gasteiger partial charge on any atom is 0.213 e. The highest BCUT2D eigenvalue weighted by Crippen LogP contribution is 2.24. The fourth-order valence-electron chi connectivity index (χ4n) is 2.07. The van der Waals surface area contributed by atoms with Gasteiger partial charge < -0.3 is 4.74 Å². The zero-order valence-electron chi connectivity index (χ0n) is 12.9. The molecule has 0 atom stereocenters. The van der Waals surface area contributed by atoms with E-state index >= 15 is 0 Å². The molecule has 21 heavy (non-hydrogen) atoms. The number of hydrogen-bond donors (Lipinski definition) is 0. The highest BCUT2D eigenvalue weighted by molar-refractivity contribution is 5.84. The van der Waals surface area contributed by atoms with E-state index in [2.05, 4.69) is 29.0 Å². The lowest BCUT2D eigenvalue weighted by Crippen LogP contribution is -1.89. The van der Waals surface area contributed by atoms with Crippen molar-refractivity contribution in [1.29, 1.82) is 0 Å². The summed E-state index contributed by atoms with van der Waals surface area (Å²) in [4.78, 5) is 8.81. The van der Waals surface area contributed by atoms with E-state index in [0.717, 1.165) is 22.2 Å². The molecule has 0 aliphatic carbocycles. The number of ether oxygens (including phenoxy) is 1. The van der Waals surface area contributed by atoms with Gasteiger partial charge in [0.2, 0.25) is 5.88 Å². The summed E-state index contributed by atoms with van der Waals surface area (Å²) in [6.07, 6.45) is 1.83. The van der Waals surface area contributed by atoms with Crippen LogP contribution in [0.5, 0.6) is 5.88 Å². The van der Waals surface area contributed by atoms with E-state index in [1.165, 1.54) is 5.56 Å². The van der Waals surface area contributed by atoms with Crippen molar-refractivity contribution in [2.75, 3.05) is 7.11 Å². The molecule has 108 valence electrons. The summed E-state index contributed by atoms with van der Waals surface area (Å²) < 4.78 is 5.13. The normalized spacial score (nSPS) is 9.90. The first kappa shape index (κ1) is 15.0. The minimum Gasteiger partial charge on any atom is -0.481 e. The first-order valence-electron chi connectivity index (χ1n) is 7.14. The van der Waals surface area contributed by atoms with Gasteiger partial charge in [-0.1, -0.05) is 19.9 Å². The molecule has 0 unspecified atom stereocenters. The third kappa shape index (κ3) is 3.37. The second kappa shape index (κ2) is 6.84. The van der Waals surface area contributed by atoms with Crippen LogP contribution in [0.3, 0.4) is 0 Å². The molecule has 3 aromatic rings. The van der Waals surface area contributed by atoms with Crippen molar-refractivity contribution in [2.24, 2.45) is 0 Å². The standard InChI is InChI=1S/C16H14N2O.C2H6/c1-11-7-8-17-15(9-11)13-3-5-14-12(10-13)4-6-16(18-14)19-2;1-2/h3-10H,1-2H3;1-2H3. The molecule has 0 aliphatic heterocycles. The number of aryl methyl sites for hydroxylation is 1. The fraction of sp³-hybridized carbons (Fsp3) is 0.222. The van der Waals surface area contributed by atoms with Crippen LogP contribution in [0.25, 0.3) is 22.2 Å². The topological polar surface area (TPSA) is 35.0 Å². The van der Waals surface area contributed by atoms with Gasteiger partial charge in [0.25, 0.3) is 0 Å². The Balaban J connectivity index is 0.000000774. The van der Waals surface area contributed by atoms with Crippen molar-refractivity contribution in [3.05, 3.63) is 54.2 Å². The smallest absolute Gasteiger partial charge is 0.213 e. The van der Waals surface area contributed by atoms with E-state index in [9.17, 15) is 0 Å². The molecule has 0 radical (unpaired) electrons. The number of nitrogens with zero attached hydrogens (tertiary/aromatic N) is 2. The van der Waals surface area contributed by atoms with Crippen molar-refractivity contribution in [1.82, 2.24) is 9.97 Å². The summed E-state index contributed by atoms with van der Waals surface area (Å²) in [5.41, 5.74) is 4.22. The van der Waals surface area contributed by atoms with E-state index in [1.54, 1.807) is 7.11 Å². The summed E-state index contributed by atoms with van der Waals surface area (Å²) in [6.45, 7) is 6.07. The average Bonchev–Trinajstić information content (AvgIpc) is 2.55. The Morgan fingerprint density at radius 1 is 0.952 bits per heavy atom. The number of pyridine rings is 2. The van der Waals surface area contributed by atoms with Crippen LogP contribution in [-0.2, 0) is 0 Å². The SMILES string of the molecule is CC.COc1ccc2cc(-c3cc(C)ccn3)ccc2n1. The zero-order chi connectivity index (χ0) is 15.2. The maximum absolute atomic E-state index is 5.13. The van der Waals surface area contributed by atoms with Gasteiger partial charge >= 0.3 is 0 Å². The number of rotatable bonds is 2. The first-order valence-corrected chi connectivity index (χ1v) is 7.14. The Morgan fingerprint density at radius 3 is 2.48 bits per heavy atom.